The van der Waals surface area contributed by atoms with Crippen molar-refractivity contribution < 1.29 is 9.53 Å². The van der Waals surface area contributed by atoms with Gasteiger partial charge < -0.3 is 4.74 Å². The number of aromatic nitrogens is 2. The Bertz CT molecular complexity index is 407. The first kappa shape index (κ1) is 14.4. The number of carbonyl (C=O) groups is 1. The fourth-order valence-electron chi connectivity index (χ4n) is 1.83. The quantitative estimate of drug-likeness (QED) is 0.803. The lowest BCUT2D eigenvalue weighted by Crippen LogP contribution is -2.37. The second kappa shape index (κ2) is 5.31. The number of halogens is 1. The van der Waals surface area contributed by atoms with E-state index in [0.717, 1.165) is 4.47 Å². The highest BCUT2D eigenvalue weighted by Crippen LogP contribution is 2.27. The minimum Gasteiger partial charge on any atom is -0.373 e. The number of ketones is 1. The Morgan fingerprint density at radius 2 is 2.18 bits per heavy atom. The summed E-state index contributed by atoms with van der Waals surface area (Å²) in [7, 11) is 1.56. The summed E-state index contributed by atoms with van der Waals surface area (Å²) in [5.74, 6) is -0.0359. The Labute approximate surface area is 110 Å². The van der Waals surface area contributed by atoms with E-state index in [1.54, 1.807) is 18.0 Å². The van der Waals surface area contributed by atoms with E-state index in [2.05, 4.69) is 21.0 Å². The minimum atomic E-state index is -0.471. The van der Waals surface area contributed by atoms with Gasteiger partial charge in [-0.3, -0.25) is 9.48 Å². The zero-order chi connectivity index (χ0) is 13.2. The molecule has 0 radical (unpaired) electrons. The van der Waals surface area contributed by atoms with Gasteiger partial charge in [-0.05, 0) is 28.3 Å². The third kappa shape index (κ3) is 2.96. The molecule has 1 heterocycles. The average Bonchev–Trinajstić information content (AvgIpc) is 2.58. The topological polar surface area (TPSA) is 44.1 Å². The van der Waals surface area contributed by atoms with Crippen LogP contribution in [0.15, 0.2) is 10.7 Å². The van der Waals surface area contributed by atoms with Crippen LogP contribution in [0.2, 0.25) is 0 Å². The van der Waals surface area contributed by atoms with Crippen LogP contribution < -0.4 is 0 Å². The first-order valence-electron chi connectivity index (χ1n) is 5.61. The van der Waals surface area contributed by atoms with Crippen LogP contribution in [0, 0.1) is 5.41 Å². The normalized spacial score (nSPS) is 13.8. The number of methoxy groups -OCH3 is 1. The molecule has 0 aliphatic rings. The van der Waals surface area contributed by atoms with Crippen molar-refractivity contribution >= 4 is 21.7 Å². The summed E-state index contributed by atoms with van der Waals surface area (Å²) in [6, 6.07) is 0. The summed E-state index contributed by atoms with van der Waals surface area (Å²) in [5.41, 5.74) is 0.336. The molecule has 1 atom stereocenters. The van der Waals surface area contributed by atoms with E-state index < -0.39 is 6.10 Å². The van der Waals surface area contributed by atoms with Crippen molar-refractivity contribution in [3.05, 3.63) is 16.4 Å². The number of nitrogens with zero attached hydrogens (tertiary/aromatic N) is 2. The van der Waals surface area contributed by atoms with Gasteiger partial charge in [-0.1, -0.05) is 20.8 Å². The summed E-state index contributed by atoms with van der Waals surface area (Å²) in [6.07, 6.45) is 1.17. The monoisotopic (exact) mass is 302 g/mol. The van der Waals surface area contributed by atoms with Gasteiger partial charge in [-0.2, -0.15) is 5.10 Å². The molecule has 4 nitrogen and oxygen atoms in total. The lowest BCUT2D eigenvalue weighted by molar-refractivity contribution is 0.0186. The summed E-state index contributed by atoms with van der Waals surface area (Å²) >= 11 is 3.36. The van der Waals surface area contributed by atoms with E-state index in [1.807, 2.05) is 27.7 Å². The van der Waals surface area contributed by atoms with E-state index in [1.165, 1.54) is 0 Å². The predicted octanol–water partition coefficient (Wildman–Crippen LogP) is 2.91. The van der Waals surface area contributed by atoms with Crippen molar-refractivity contribution in [2.45, 2.75) is 40.3 Å². The number of hydrogen-bond donors (Lipinski definition) is 0. The second-order valence-electron chi connectivity index (χ2n) is 5.00. The smallest absolute Gasteiger partial charge is 0.211 e. The largest absolute Gasteiger partial charge is 0.373 e. The molecule has 1 aromatic rings. The SMILES string of the molecule is CCn1ncc(Br)c1C(=O)C(OC)C(C)(C)C. The van der Waals surface area contributed by atoms with Crippen molar-refractivity contribution in [3.63, 3.8) is 0 Å². The Morgan fingerprint density at radius 3 is 2.59 bits per heavy atom. The van der Waals surface area contributed by atoms with Crippen LogP contribution in [0.25, 0.3) is 0 Å². The minimum absolute atomic E-state index is 0.0359. The van der Waals surface area contributed by atoms with Gasteiger partial charge in [0.15, 0.2) is 0 Å². The molecule has 0 aromatic carbocycles. The Balaban J connectivity index is 3.15. The number of rotatable bonds is 4. The average molecular weight is 303 g/mol. The molecule has 0 aliphatic heterocycles. The lowest BCUT2D eigenvalue weighted by atomic mass is 9.85. The molecule has 1 unspecified atom stereocenters. The first-order chi connectivity index (χ1) is 7.82. The Hall–Kier alpha value is -0.680. The van der Waals surface area contributed by atoms with Crippen molar-refractivity contribution in [2.75, 3.05) is 7.11 Å². The predicted molar refractivity (Wildman–Crippen MR) is 70.2 cm³/mol. The van der Waals surface area contributed by atoms with E-state index in [4.69, 9.17) is 4.74 Å². The molecule has 0 aliphatic carbocycles. The fraction of sp³-hybridized carbons (Fsp3) is 0.667. The molecule has 0 fully saturated rings. The Kier molecular flexibility index (Phi) is 4.49. The van der Waals surface area contributed by atoms with Crippen LogP contribution in [-0.4, -0.2) is 28.8 Å². The van der Waals surface area contributed by atoms with Gasteiger partial charge in [0.1, 0.15) is 11.8 Å². The van der Waals surface area contributed by atoms with Crippen molar-refractivity contribution in [1.82, 2.24) is 9.78 Å². The second-order valence-corrected chi connectivity index (χ2v) is 5.86. The van der Waals surface area contributed by atoms with Gasteiger partial charge >= 0.3 is 0 Å². The highest BCUT2D eigenvalue weighted by Gasteiger charge is 2.34. The third-order valence-electron chi connectivity index (χ3n) is 2.59. The molecule has 0 spiro atoms. The number of aryl methyl sites for hydroxylation is 1. The van der Waals surface area contributed by atoms with Gasteiger partial charge in [-0.15, -0.1) is 0 Å². The zero-order valence-electron chi connectivity index (χ0n) is 11.0. The summed E-state index contributed by atoms with van der Waals surface area (Å²) in [4.78, 5) is 12.5. The van der Waals surface area contributed by atoms with Gasteiger partial charge in [0.2, 0.25) is 5.78 Å². The van der Waals surface area contributed by atoms with E-state index >= 15 is 0 Å². The van der Waals surface area contributed by atoms with Crippen LogP contribution in [0.5, 0.6) is 0 Å². The summed E-state index contributed by atoms with van der Waals surface area (Å²) in [6.45, 7) is 8.57. The van der Waals surface area contributed by atoms with Crippen molar-refractivity contribution in [2.24, 2.45) is 5.41 Å². The lowest BCUT2D eigenvalue weighted by Gasteiger charge is -2.28. The summed E-state index contributed by atoms with van der Waals surface area (Å²) < 4.78 is 7.75. The molecule has 5 heteroatoms. The van der Waals surface area contributed by atoms with E-state index in [9.17, 15) is 4.79 Å². The number of hydrogen-bond acceptors (Lipinski definition) is 3. The third-order valence-corrected chi connectivity index (χ3v) is 3.17. The number of ether oxygens (including phenoxy) is 1. The standard InChI is InChI=1S/C12H19BrN2O2/c1-6-15-9(8(13)7-14-15)10(16)11(17-5)12(2,3)4/h7,11H,6H2,1-5H3. The molecule has 1 rings (SSSR count). The van der Waals surface area contributed by atoms with Gasteiger partial charge in [0.25, 0.3) is 0 Å². The van der Waals surface area contributed by atoms with Gasteiger partial charge in [0, 0.05) is 13.7 Å². The number of Topliss-reactive ketones (excluding diaryl/α,β-unsaturated/α-hetero) is 1. The van der Waals surface area contributed by atoms with Crippen molar-refractivity contribution in [3.8, 4) is 0 Å². The Morgan fingerprint density at radius 1 is 1.59 bits per heavy atom. The highest BCUT2D eigenvalue weighted by molar-refractivity contribution is 9.10. The molecule has 0 saturated carbocycles. The maximum atomic E-state index is 12.5. The molecule has 0 amide bonds. The van der Waals surface area contributed by atoms with E-state index in [0.29, 0.717) is 12.2 Å². The van der Waals surface area contributed by atoms with Crippen LogP contribution in [0.1, 0.15) is 38.2 Å². The molecular formula is C12H19BrN2O2. The number of carbonyl (C=O) groups excluding carboxylic acids is 1. The molecule has 0 bridgehead atoms. The molecule has 17 heavy (non-hydrogen) atoms. The molecular weight excluding hydrogens is 284 g/mol. The van der Waals surface area contributed by atoms with Crippen LogP contribution >= 0.6 is 15.9 Å². The van der Waals surface area contributed by atoms with Crippen molar-refractivity contribution in [1.29, 1.82) is 0 Å². The maximum absolute atomic E-state index is 12.5. The summed E-state index contributed by atoms with van der Waals surface area (Å²) in [5, 5.41) is 4.15. The van der Waals surface area contributed by atoms with Crippen LogP contribution in [-0.2, 0) is 11.3 Å². The molecule has 1 aromatic heterocycles. The first-order valence-corrected chi connectivity index (χ1v) is 6.40. The van der Waals surface area contributed by atoms with Gasteiger partial charge in [-0.25, -0.2) is 0 Å². The molecule has 0 saturated heterocycles. The molecule has 96 valence electrons. The maximum Gasteiger partial charge on any atom is 0.211 e. The van der Waals surface area contributed by atoms with Crippen LogP contribution in [0.4, 0.5) is 0 Å². The highest BCUT2D eigenvalue weighted by atomic mass is 79.9. The van der Waals surface area contributed by atoms with Crippen LogP contribution in [0.3, 0.4) is 0 Å². The zero-order valence-corrected chi connectivity index (χ0v) is 12.5. The molecule has 0 N–H and O–H groups in total. The van der Waals surface area contributed by atoms with Gasteiger partial charge in [0.05, 0.1) is 10.7 Å². The fourth-order valence-corrected chi connectivity index (χ4v) is 2.32. The van der Waals surface area contributed by atoms with E-state index in [-0.39, 0.29) is 11.2 Å².